The molecule has 2 amide bonds. The molecule has 0 atom stereocenters. The van der Waals surface area contributed by atoms with Crippen LogP contribution in [0.5, 0.6) is 5.75 Å². The Bertz CT molecular complexity index is 1070. The van der Waals surface area contributed by atoms with Crippen molar-refractivity contribution in [2.45, 2.75) is 6.92 Å². The van der Waals surface area contributed by atoms with Crippen LogP contribution in [0.4, 0.5) is 10.5 Å². The van der Waals surface area contributed by atoms with Crippen LogP contribution in [0.15, 0.2) is 53.1 Å². The highest BCUT2D eigenvalue weighted by molar-refractivity contribution is 5.94. The number of rotatable bonds is 5. The third kappa shape index (κ3) is 5.03. The number of benzene rings is 2. The number of hydrogen-bond acceptors (Lipinski definition) is 8. The van der Waals surface area contributed by atoms with E-state index in [1.165, 1.54) is 0 Å². The first-order chi connectivity index (χ1) is 15.5. The molecular weight excluding hydrogens is 414 g/mol. The maximum Gasteiger partial charge on any atom is 0.430 e. The molecule has 1 aromatic heterocycles. The van der Waals surface area contributed by atoms with E-state index >= 15 is 0 Å². The van der Waals surface area contributed by atoms with Crippen molar-refractivity contribution in [3.05, 3.63) is 60.0 Å². The first kappa shape index (κ1) is 21.3. The average molecular weight is 437 g/mol. The number of ether oxygens (including phenoxy) is 1. The number of carbonyl (C=O) groups excluding carboxylic acids is 2. The van der Waals surface area contributed by atoms with E-state index in [9.17, 15) is 9.59 Å². The van der Waals surface area contributed by atoms with Crippen LogP contribution in [0.3, 0.4) is 0 Å². The molecule has 2 heterocycles. The molecule has 0 saturated carbocycles. The fraction of sp³-hybridized carbons (Fsp3) is 0.273. The zero-order valence-electron chi connectivity index (χ0n) is 17.8. The largest absolute Gasteiger partial charge is 0.497 e. The standard InChI is InChI=1S/C22H23N5O5/c1-15-23-20(25-31-15)16-3-5-17(6-4-16)21(28)26-11-13-27(14-12-26)32-22(29)24-18-7-9-19(30-2)10-8-18/h3-10H,11-14H2,1-2H3,(H,24,29). The molecular formula is C22H23N5O5. The Morgan fingerprint density at radius 1 is 1.00 bits per heavy atom. The Hall–Kier alpha value is -3.92. The Morgan fingerprint density at radius 2 is 1.69 bits per heavy atom. The highest BCUT2D eigenvalue weighted by Gasteiger charge is 2.24. The first-order valence-corrected chi connectivity index (χ1v) is 10.1. The van der Waals surface area contributed by atoms with Gasteiger partial charge in [-0.1, -0.05) is 17.3 Å². The minimum absolute atomic E-state index is 0.0804. The number of carbonyl (C=O) groups is 2. The SMILES string of the molecule is COc1ccc(NC(=O)ON2CCN(C(=O)c3ccc(-c4noc(C)n4)cc3)CC2)cc1. The number of nitrogens with zero attached hydrogens (tertiary/aromatic N) is 4. The van der Waals surface area contributed by atoms with Crippen LogP contribution in [0.2, 0.25) is 0 Å². The number of piperazine rings is 1. The second-order valence-electron chi connectivity index (χ2n) is 7.17. The number of anilines is 1. The molecule has 10 nitrogen and oxygen atoms in total. The highest BCUT2D eigenvalue weighted by atomic mass is 16.7. The number of methoxy groups -OCH3 is 1. The molecule has 0 radical (unpaired) electrons. The quantitative estimate of drug-likeness (QED) is 0.649. The lowest BCUT2D eigenvalue weighted by molar-refractivity contribution is -0.113. The van der Waals surface area contributed by atoms with Crippen molar-refractivity contribution in [3.63, 3.8) is 0 Å². The molecule has 1 aliphatic heterocycles. The summed E-state index contributed by atoms with van der Waals surface area (Å²) in [6, 6.07) is 14.0. The third-order valence-electron chi connectivity index (χ3n) is 4.99. The fourth-order valence-electron chi connectivity index (χ4n) is 3.28. The molecule has 0 aliphatic carbocycles. The number of hydrogen-bond donors (Lipinski definition) is 1. The normalized spacial score (nSPS) is 14.1. The monoisotopic (exact) mass is 437 g/mol. The summed E-state index contributed by atoms with van der Waals surface area (Å²) in [6.07, 6.45) is -0.581. The summed E-state index contributed by atoms with van der Waals surface area (Å²) in [7, 11) is 1.58. The summed E-state index contributed by atoms with van der Waals surface area (Å²) in [5.41, 5.74) is 1.95. The van der Waals surface area contributed by atoms with Crippen molar-refractivity contribution >= 4 is 17.7 Å². The molecule has 0 spiro atoms. The van der Waals surface area contributed by atoms with Crippen LogP contribution >= 0.6 is 0 Å². The molecule has 0 bridgehead atoms. The van der Waals surface area contributed by atoms with E-state index in [1.54, 1.807) is 72.5 Å². The van der Waals surface area contributed by atoms with Gasteiger partial charge in [0.05, 0.1) is 20.2 Å². The van der Waals surface area contributed by atoms with Gasteiger partial charge in [0.15, 0.2) is 0 Å². The van der Waals surface area contributed by atoms with Crippen LogP contribution in [0.1, 0.15) is 16.2 Å². The highest BCUT2D eigenvalue weighted by Crippen LogP contribution is 2.18. The number of hydroxylamine groups is 2. The summed E-state index contributed by atoms with van der Waals surface area (Å²) < 4.78 is 10.1. The molecule has 32 heavy (non-hydrogen) atoms. The lowest BCUT2D eigenvalue weighted by Crippen LogP contribution is -2.49. The van der Waals surface area contributed by atoms with Crippen LogP contribution in [-0.4, -0.2) is 65.4 Å². The van der Waals surface area contributed by atoms with Crippen LogP contribution < -0.4 is 10.1 Å². The molecule has 1 N–H and O–H groups in total. The van der Waals surface area contributed by atoms with Gasteiger partial charge in [0, 0.05) is 36.8 Å². The van der Waals surface area contributed by atoms with Crippen molar-refractivity contribution in [2.24, 2.45) is 0 Å². The fourth-order valence-corrected chi connectivity index (χ4v) is 3.28. The molecule has 10 heteroatoms. The van der Waals surface area contributed by atoms with Gasteiger partial charge in [-0.2, -0.15) is 4.98 Å². The van der Waals surface area contributed by atoms with Crippen molar-refractivity contribution in [1.29, 1.82) is 0 Å². The Kier molecular flexibility index (Phi) is 6.31. The van der Waals surface area contributed by atoms with Gasteiger partial charge in [0.2, 0.25) is 11.7 Å². The molecule has 2 aromatic carbocycles. The minimum Gasteiger partial charge on any atom is -0.497 e. The van der Waals surface area contributed by atoms with Crippen LogP contribution in [0, 0.1) is 6.92 Å². The van der Waals surface area contributed by atoms with E-state index in [4.69, 9.17) is 14.1 Å². The van der Waals surface area contributed by atoms with E-state index in [-0.39, 0.29) is 5.91 Å². The smallest absolute Gasteiger partial charge is 0.430 e. The van der Waals surface area contributed by atoms with Gasteiger partial charge in [-0.15, -0.1) is 5.06 Å². The van der Waals surface area contributed by atoms with E-state index in [0.717, 1.165) is 5.56 Å². The molecule has 1 aliphatic rings. The van der Waals surface area contributed by atoms with E-state index in [1.807, 2.05) is 0 Å². The van der Waals surface area contributed by atoms with E-state index < -0.39 is 6.09 Å². The zero-order chi connectivity index (χ0) is 22.5. The number of aromatic nitrogens is 2. The van der Waals surface area contributed by atoms with Gasteiger partial charge in [0.1, 0.15) is 5.75 Å². The van der Waals surface area contributed by atoms with Crippen molar-refractivity contribution in [2.75, 3.05) is 38.6 Å². The van der Waals surface area contributed by atoms with E-state index in [2.05, 4.69) is 15.5 Å². The summed E-state index contributed by atoms with van der Waals surface area (Å²) in [6.45, 7) is 3.45. The van der Waals surface area contributed by atoms with Crippen LogP contribution in [-0.2, 0) is 4.84 Å². The van der Waals surface area contributed by atoms with Gasteiger partial charge in [-0.05, 0) is 36.4 Å². The number of aryl methyl sites for hydroxylation is 1. The maximum atomic E-state index is 12.8. The lowest BCUT2D eigenvalue weighted by Gasteiger charge is -2.33. The zero-order valence-corrected chi connectivity index (χ0v) is 17.8. The molecule has 1 saturated heterocycles. The molecule has 1 fully saturated rings. The summed E-state index contributed by atoms with van der Waals surface area (Å²) in [5, 5.41) is 8.09. The molecule has 4 rings (SSSR count). The van der Waals surface area contributed by atoms with Gasteiger partial charge in [-0.25, -0.2) is 4.79 Å². The summed E-state index contributed by atoms with van der Waals surface area (Å²) in [4.78, 5) is 36.2. The molecule has 166 valence electrons. The average Bonchev–Trinajstić information content (AvgIpc) is 3.26. The number of nitrogens with one attached hydrogen (secondary N) is 1. The minimum atomic E-state index is -0.581. The van der Waals surface area contributed by atoms with Crippen molar-refractivity contribution in [1.82, 2.24) is 20.1 Å². The Labute approximate surface area is 184 Å². The Morgan fingerprint density at radius 3 is 2.28 bits per heavy atom. The topological polar surface area (TPSA) is 110 Å². The predicted molar refractivity (Wildman–Crippen MR) is 115 cm³/mol. The first-order valence-electron chi connectivity index (χ1n) is 10.1. The van der Waals surface area contributed by atoms with Crippen LogP contribution in [0.25, 0.3) is 11.4 Å². The number of amides is 2. The predicted octanol–water partition coefficient (Wildman–Crippen LogP) is 2.98. The van der Waals surface area contributed by atoms with Crippen molar-refractivity contribution in [3.8, 4) is 17.1 Å². The van der Waals surface area contributed by atoms with Gasteiger partial charge in [-0.3, -0.25) is 10.1 Å². The molecule has 0 unspecified atom stereocenters. The van der Waals surface area contributed by atoms with Gasteiger partial charge >= 0.3 is 6.09 Å². The lowest BCUT2D eigenvalue weighted by atomic mass is 10.1. The van der Waals surface area contributed by atoms with Gasteiger partial charge < -0.3 is 19.0 Å². The second kappa shape index (κ2) is 9.48. The summed E-state index contributed by atoms with van der Waals surface area (Å²) in [5.74, 6) is 1.59. The summed E-state index contributed by atoms with van der Waals surface area (Å²) >= 11 is 0. The molecule has 3 aromatic rings. The third-order valence-corrected chi connectivity index (χ3v) is 4.99. The van der Waals surface area contributed by atoms with Gasteiger partial charge in [0.25, 0.3) is 5.91 Å². The second-order valence-corrected chi connectivity index (χ2v) is 7.17. The van der Waals surface area contributed by atoms with Crippen molar-refractivity contribution < 1.29 is 23.7 Å². The Balaban J connectivity index is 1.26. The van der Waals surface area contributed by atoms with E-state index in [0.29, 0.717) is 54.9 Å². The maximum absolute atomic E-state index is 12.8.